The zero-order valence-corrected chi connectivity index (χ0v) is 18.1. The average molecular weight is 443 g/mol. The van der Waals surface area contributed by atoms with Crippen molar-refractivity contribution < 1.29 is 14.1 Å². The van der Waals surface area contributed by atoms with Gasteiger partial charge in [-0.3, -0.25) is 10.1 Å². The summed E-state index contributed by atoms with van der Waals surface area (Å²) in [7, 11) is 0. The Kier molecular flexibility index (Phi) is 6.88. The number of nitrogens with zero attached hydrogens (tertiary/aromatic N) is 2. The first-order chi connectivity index (χ1) is 14.7. The van der Waals surface area contributed by atoms with Crippen molar-refractivity contribution >= 4 is 40.9 Å². The summed E-state index contributed by atoms with van der Waals surface area (Å²) in [6, 6.07) is 13.0. The summed E-state index contributed by atoms with van der Waals surface area (Å²) < 4.78 is 5.24. The molecule has 0 spiro atoms. The largest absolute Gasteiger partial charge is 0.359 e. The Labute approximate surface area is 184 Å². The lowest BCUT2D eigenvalue weighted by Gasteiger charge is -2.12. The first-order valence-corrected chi connectivity index (χ1v) is 9.88. The van der Waals surface area contributed by atoms with Crippen molar-refractivity contribution in [1.82, 2.24) is 15.0 Å². The van der Waals surface area contributed by atoms with Crippen molar-refractivity contribution in [2.24, 2.45) is 0 Å². The van der Waals surface area contributed by atoms with Gasteiger partial charge in [0.25, 0.3) is 5.91 Å². The molecular formula is C21H23ClN6O3. The molecule has 0 unspecified atom stereocenters. The molecule has 0 fully saturated rings. The molecule has 0 saturated carbocycles. The molecule has 3 rings (SSSR count). The van der Waals surface area contributed by atoms with Crippen LogP contribution in [-0.2, 0) is 12.0 Å². The lowest BCUT2D eigenvalue weighted by molar-refractivity contribution is 0.102. The maximum atomic E-state index is 12.4. The molecule has 4 N–H and O–H groups in total. The van der Waals surface area contributed by atoms with Crippen LogP contribution in [0.3, 0.4) is 0 Å². The van der Waals surface area contributed by atoms with Crippen molar-refractivity contribution in [1.29, 1.82) is 0 Å². The van der Waals surface area contributed by atoms with Gasteiger partial charge in [-0.05, 0) is 48.2 Å². The van der Waals surface area contributed by atoms with Crippen molar-refractivity contribution in [2.45, 2.75) is 32.7 Å². The van der Waals surface area contributed by atoms with E-state index >= 15 is 0 Å². The Hall–Kier alpha value is -3.43. The van der Waals surface area contributed by atoms with Gasteiger partial charge in [0.05, 0.1) is 12.2 Å². The number of pyridine rings is 1. The minimum absolute atomic E-state index is 0.207. The van der Waals surface area contributed by atoms with E-state index in [1.807, 2.05) is 20.8 Å². The van der Waals surface area contributed by atoms with Crippen LogP contribution < -0.4 is 20.8 Å². The molecule has 31 heavy (non-hydrogen) atoms. The fraction of sp³-hybridized carbons (Fsp3) is 0.238. The van der Waals surface area contributed by atoms with Gasteiger partial charge < -0.3 is 15.2 Å². The molecule has 162 valence electrons. The van der Waals surface area contributed by atoms with Gasteiger partial charge in [-0.25, -0.2) is 14.6 Å². The lowest BCUT2D eigenvalue weighted by atomic mass is 9.93. The van der Waals surface area contributed by atoms with Gasteiger partial charge in [-0.1, -0.05) is 32.0 Å². The zero-order valence-electron chi connectivity index (χ0n) is 17.3. The molecule has 9 nitrogen and oxygen atoms in total. The monoisotopic (exact) mass is 442 g/mol. The summed E-state index contributed by atoms with van der Waals surface area (Å²) >= 11 is 5.48. The molecule has 2 heterocycles. The molecule has 0 aliphatic rings. The topological polar surface area (TPSA) is 121 Å². The van der Waals surface area contributed by atoms with E-state index in [0.717, 1.165) is 0 Å². The summed E-state index contributed by atoms with van der Waals surface area (Å²) in [6.07, 6.45) is 0. The van der Waals surface area contributed by atoms with E-state index < -0.39 is 6.03 Å². The van der Waals surface area contributed by atoms with E-state index in [1.54, 1.807) is 48.5 Å². The second-order valence-corrected chi connectivity index (χ2v) is 8.03. The Morgan fingerprint density at radius 2 is 1.68 bits per heavy atom. The van der Waals surface area contributed by atoms with E-state index in [1.165, 1.54) is 0 Å². The van der Waals surface area contributed by atoms with E-state index in [-0.39, 0.29) is 17.0 Å². The van der Waals surface area contributed by atoms with Crippen molar-refractivity contribution in [3.05, 3.63) is 65.7 Å². The van der Waals surface area contributed by atoms with Gasteiger partial charge in [0, 0.05) is 22.9 Å². The number of urea groups is 1. The molecule has 0 aliphatic heterocycles. The molecule has 2 aromatic heterocycles. The van der Waals surface area contributed by atoms with Crippen LogP contribution in [0.1, 0.15) is 42.7 Å². The van der Waals surface area contributed by atoms with Crippen LogP contribution in [0.2, 0.25) is 0 Å². The molecule has 1 aromatic carbocycles. The summed E-state index contributed by atoms with van der Waals surface area (Å²) in [4.78, 5) is 31.3. The highest BCUT2D eigenvalue weighted by atomic mass is 35.5. The van der Waals surface area contributed by atoms with Crippen LogP contribution in [0.4, 0.5) is 22.0 Å². The minimum Gasteiger partial charge on any atom is -0.359 e. The minimum atomic E-state index is -0.459. The standard InChI is InChI=1S/C21H23ClN6O3/c1-21(2,3)17-11-18(28-31-17)27-20(30)26-14-9-7-13(8-10-14)25-19(29)16-6-4-5-15(24-16)12-23-22/h4-11,23H,12H2,1-3H3,(H,25,29)(H2,26,27,28,30). The molecule has 0 bridgehead atoms. The van der Waals surface area contributed by atoms with Gasteiger partial charge in [0.15, 0.2) is 5.82 Å². The van der Waals surface area contributed by atoms with Gasteiger partial charge in [-0.2, -0.15) is 0 Å². The third-order valence-corrected chi connectivity index (χ3v) is 4.31. The number of hydrogen-bond donors (Lipinski definition) is 4. The Morgan fingerprint density at radius 1 is 1.00 bits per heavy atom. The van der Waals surface area contributed by atoms with Gasteiger partial charge in [0.2, 0.25) is 0 Å². The molecular weight excluding hydrogens is 420 g/mol. The SMILES string of the molecule is CC(C)(C)c1cc(NC(=O)Nc2ccc(NC(=O)c3cccc(CNCl)n3)cc2)no1. The Bertz CT molecular complexity index is 1060. The van der Waals surface area contributed by atoms with E-state index in [0.29, 0.717) is 35.2 Å². The fourth-order valence-electron chi connectivity index (χ4n) is 2.57. The molecule has 10 heteroatoms. The van der Waals surface area contributed by atoms with Crippen LogP contribution in [0, 0.1) is 0 Å². The average Bonchev–Trinajstić information content (AvgIpc) is 3.19. The number of amides is 3. The van der Waals surface area contributed by atoms with Crippen LogP contribution in [0.5, 0.6) is 0 Å². The van der Waals surface area contributed by atoms with Crippen molar-refractivity contribution in [3.8, 4) is 0 Å². The summed E-state index contributed by atoms with van der Waals surface area (Å²) in [5.41, 5.74) is 1.82. The molecule has 3 amide bonds. The van der Waals surface area contributed by atoms with Crippen LogP contribution in [0.25, 0.3) is 0 Å². The second kappa shape index (κ2) is 9.59. The lowest BCUT2D eigenvalue weighted by Crippen LogP contribution is -2.19. The second-order valence-electron chi connectivity index (χ2n) is 7.76. The van der Waals surface area contributed by atoms with E-state index in [4.69, 9.17) is 16.3 Å². The molecule has 0 atom stereocenters. The maximum Gasteiger partial charge on any atom is 0.324 e. The number of carbonyl (C=O) groups excluding carboxylic acids is 2. The number of halogens is 1. The molecule has 0 saturated heterocycles. The third kappa shape index (κ3) is 6.27. The zero-order chi connectivity index (χ0) is 22.4. The van der Waals surface area contributed by atoms with Crippen molar-refractivity contribution in [2.75, 3.05) is 16.0 Å². The maximum absolute atomic E-state index is 12.4. The summed E-state index contributed by atoms with van der Waals surface area (Å²) in [6.45, 7) is 6.31. The predicted octanol–water partition coefficient (Wildman–Crippen LogP) is 4.51. The highest BCUT2D eigenvalue weighted by Gasteiger charge is 2.20. The number of carbonyl (C=O) groups is 2. The van der Waals surface area contributed by atoms with Gasteiger partial charge in [0.1, 0.15) is 11.5 Å². The van der Waals surface area contributed by atoms with E-state index in [9.17, 15) is 9.59 Å². The molecule has 0 radical (unpaired) electrons. The normalized spacial score (nSPS) is 11.1. The van der Waals surface area contributed by atoms with Crippen LogP contribution in [0.15, 0.2) is 53.1 Å². The Morgan fingerprint density at radius 3 is 2.29 bits per heavy atom. The van der Waals surface area contributed by atoms with E-state index in [2.05, 4.69) is 30.9 Å². The predicted molar refractivity (Wildman–Crippen MR) is 119 cm³/mol. The first-order valence-electron chi connectivity index (χ1n) is 9.50. The highest BCUT2D eigenvalue weighted by molar-refractivity contribution is 6.13. The highest BCUT2D eigenvalue weighted by Crippen LogP contribution is 2.24. The van der Waals surface area contributed by atoms with Gasteiger partial charge >= 0.3 is 6.03 Å². The quantitative estimate of drug-likeness (QED) is 0.417. The number of nitrogens with one attached hydrogen (secondary N) is 4. The first kappa shape index (κ1) is 22.3. The van der Waals surface area contributed by atoms with Gasteiger partial charge in [-0.15, -0.1) is 0 Å². The molecule has 3 aromatic rings. The van der Waals surface area contributed by atoms with Crippen molar-refractivity contribution in [3.63, 3.8) is 0 Å². The third-order valence-electron chi connectivity index (χ3n) is 4.18. The Balaban J connectivity index is 1.56. The summed E-state index contributed by atoms with van der Waals surface area (Å²) in [5, 5.41) is 11.9. The number of benzene rings is 1. The molecule has 0 aliphatic carbocycles. The van der Waals surface area contributed by atoms with Crippen LogP contribution in [-0.4, -0.2) is 22.1 Å². The number of hydrogen-bond acceptors (Lipinski definition) is 6. The smallest absolute Gasteiger partial charge is 0.324 e. The fourth-order valence-corrected chi connectivity index (χ4v) is 2.71. The number of anilines is 3. The number of aromatic nitrogens is 2. The summed E-state index contributed by atoms with van der Waals surface area (Å²) in [5.74, 6) is 0.641. The number of rotatable bonds is 6. The van der Waals surface area contributed by atoms with Crippen LogP contribution >= 0.6 is 11.8 Å².